The summed E-state index contributed by atoms with van der Waals surface area (Å²) in [7, 11) is 0. The molecular formula is C30H60S. The molecule has 0 N–H and O–H groups in total. The number of fused-ring (bicyclic) bond motifs is 5. The molecular weight excluding hydrogens is 392 g/mol. The van der Waals surface area contributed by atoms with Gasteiger partial charge in [-0.3, -0.25) is 0 Å². The van der Waals surface area contributed by atoms with Crippen molar-refractivity contribution < 1.29 is 0 Å². The fraction of sp³-hybridized carbons (Fsp3) is 0.933. The van der Waals surface area contributed by atoms with Crippen LogP contribution in [0.25, 0.3) is 0 Å². The highest BCUT2D eigenvalue weighted by Crippen LogP contribution is 2.66. The average Bonchev–Trinajstić information content (AvgIpc) is 3.20. The molecule has 4 fully saturated rings. The molecule has 0 amide bonds. The van der Waals surface area contributed by atoms with E-state index < -0.39 is 0 Å². The van der Waals surface area contributed by atoms with Gasteiger partial charge in [-0.1, -0.05) is 80.6 Å². The van der Waals surface area contributed by atoms with Gasteiger partial charge in [0.15, 0.2) is 0 Å². The van der Waals surface area contributed by atoms with E-state index in [1.165, 1.54) is 32.1 Å². The van der Waals surface area contributed by atoms with Crippen LogP contribution in [0.3, 0.4) is 0 Å². The van der Waals surface area contributed by atoms with Crippen molar-refractivity contribution in [3.63, 3.8) is 0 Å². The number of rotatable bonds is 2. The molecule has 0 aromatic rings. The van der Waals surface area contributed by atoms with Gasteiger partial charge in [0.2, 0.25) is 0 Å². The second-order valence-corrected chi connectivity index (χ2v) is 11.2. The molecule has 0 heterocycles. The zero-order valence-electron chi connectivity index (χ0n) is 22.9. The van der Waals surface area contributed by atoms with E-state index in [4.69, 9.17) is 0 Å². The van der Waals surface area contributed by atoms with Crippen molar-refractivity contribution in [2.75, 3.05) is 6.26 Å². The van der Waals surface area contributed by atoms with Crippen molar-refractivity contribution in [1.82, 2.24) is 0 Å². The Hall–Kier alpha value is 0.0900. The molecule has 6 unspecified atom stereocenters. The summed E-state index contributed by atoms with van der Waals surface area (Å²) >= 11 is 3.53. The Labute approximate surface area is 204 Å². The van der Waals surface area contributed by atoms with Crippen molar-refractivity contribution in [3.05, 3.63) is 13.2 Å². The van der Waals surface area contributed by atoms with Crippen LogP contribution in [0.15, 0.2) is 13.2 Å². The number of thiol groups is 1. The third kappa shape index (κ3) is 7.82. The van der Waals surface area contributed by atoms with E-state index in [2.05, 4.69) is 60.4 Å². The highest BCUT2D eigenvalue weighted by molar-refractivity contribution is 7.79. The number of hydrogen-bond acceptors (Lipinski definition) is 1. The van der Waals surface area contributed by atoms with Gasteiger partial charge in [0.25, 0.3) is 0 Å². The first-order valence-corrected chi connectivity index (χ1v) is 14.7. The van der Waals surface area contributed by atoms with Crippen molar-refractivity contribution >= 4 is 12.6 Å². The Kier molecular flexibility index (Phi) is 15.9. The molecule has 0 spiro atoms. The molecule has 4 aliphatic carbocycles. The van der Waals surface area contributed by atoms with Crippen LogP contribution in [0.1, 0.15) is 132 Å². The minimum absolute atomic E-state index is 0.741. The Balaban J connectivity index is 0.000000641. The second kappa shape index (κ2) is 15.8. The van der Waals surface area contributed by atoms with Gasteiger partial charge in [0.1, 0.15) is 0 Å². The largest absolute Gasteiger partial charge is 0.183 e. The Morgan fingerprint density at radius 3 is 2.00 bits per heavy atom. The van der Waals surface area contributed by atoms with E-state index in [0.717, 1.165) is 40.4 Å². The minimum Gasteiger partial charge on any atom is -0.183 e. The molecule has 0 aromatic heterocycles. The summed E-state index contributed by atoms with van der Waals surface area (Å²) in [6, 6.07) is 0. The lowest BCUT2D eigenvalue weighted by molar-refractivity contribution is -0.103. The topological polar surface area (TPSA) is 0 Å². The first-order chi connectivity index (χ1) is 14.9. The summed E-state index contributed by atoms with van der Waals surface area (Å²) in [5.41, 5.74) is 1.49. The summed E-state index contributed by atoms with van der Waals surface area (Å²) in [5, 5.41) is 0. The van der Waals surface area contributed by atoms with Crippen LogP contribution in [0.4, 0.5) is 0 Å². The SMILES string of the molecule is C=C.CC.CC12CCCC1C1CCC3CCCCC3(C)C1CC2.CCCC(C)C.CS. The molecule has 1 heteroatoms. The maximum Gasteiger partial charge on any atom is -0.0215 e. The summed E-state index contributed by atoms with van der Waals surface area (Å²) < 4.78 is 0. The lowest BCUT2D eigenvalue weighted by Gasteiger charge is -2.60. The van der Waals surface area contributed by atoms with Crippen molar-refractivity contribution in [1.29, 1.82) is 0 Å². The summed E-state index contributed by atoms with van der Waals surface area (Å²) in [5.74, 6) is 5.30. The van der Waals surface area contributed by atoms with Gasteiger partial charge in [-0.05, 0) is 98.0 Å². The van der Waals surface area contributed by atoms with E-state index in [1.807, 2.05) is 13.8 Å². The fourth-order valence-electron chi connectivity index (χ4n) is 7.87. The molecule has 4 saturated carbocycles. The van der Waals surface area contributed by atoms with Crippen LogP contribution >= 0.6 is 12.6 Å². The molecule has 6 atom stereocenters. The molecule has 0 saturated heterocycles. The van der Waals surface area contributed by atoms with Crippen LogP contribution in [-0.2, 0) is 0 Å². The predicted molar refractivity (Wildman–Crippen MR) is 148 cm³/mol. The quantitative estimate of drug-likeness (QED) is 0.312. The first-order valence-electron chi connectivity index (χ1n) is 13.9. The maximum absolute atomic E-state index is 3.53. The van der Waals surface area contributed by atoms with Crippen LogP contribution < -0.4 is 0 Å². The predicted octanol–water partition coefficient (Wildman–Crippen LogP) is 10.6. The van der Waals surface area contributed by atoms with Gasteiger partial charge in [0, 0.05) is 0 Å². The molecule has 4 aliphatic rings. The van der Waals surface area contributed by atoms with Gasteiger partial charge < -0.3 is 0 Å². The van der Waals surface area contributed by atoms with Crippen molar-refractivity contribution in [2.24, 2.45) is 40.4 Å². The molecule has 4 rings (SSSR count). The molecule has 0 nitrogen and oxygen atoms in total. The van der Waals surface area contributed by atoms with E-state index in [1.54, 1.807) is 57.6 Å². The molecule has 0 aromatic carbocycles. The van der Waals surface area contributed by atoms with Gasteiger partial charge in [0.05, 0.1) is 0 Å². The van der Waals surface area contributed by atoms with Crippen LogP contribution in [-0.4, -0.2) is 6.26 Å². The third-order valence-corrected chi connectivity index (χ3v) is 9.23. The van der Waals surface area contributed by atoms with Crippen LogP contribution in [0, 0.1) is 40.4 Å². The van der Waals surface area contributed by atoms with Crippen LogP contribution in [0.5, 0.6) is 0 Å². The summed E-state index contributed by atoms with van der Waals surface area (Å²) in [6.45, 7) is 22.1. The Morgan fingerprint density at radius 1 is 0.806 bits per heavy atom. The smallest absolute Gasteiger partial charge is 0.0215 e. The van der Waals surface area contributed by atoms with Gasteiger partial charge in [-0.15, -0.1) is 13.2 Å². The Bertz CT molecular complexity index is 444. The second-order valence-electron chi connectivity index (χ2n) is 11.2. The number of hydrogen-bond donors (Lipinski definition) is 1. The lowest BCUT2D eigenvalue weighted by Crippen LogP contribution is -2.51. The minimum atomic E-state index is 0.741. The third-order valence-electron chi connectivity index (χ3n) is 9.23. The standard InChI is InChI=1S/C19H32.C6H14.C2H6.C2H4.CH4S/c1-18-11-5-7-16(18)15-9-8-14-6-3-4-12-19(14,2)17(15)10-13-18;1-4-5-6(2)3;3*1-2/h14-17H,3-13H2,1-2H3;6H,4-5H2,1-3H3;1-2H3;1-2H2;2H,1H3. The van der Waals surface area contributed by atoms with Gasteiger partial charge in [-0.25, -0.2) is 0 Å². The average molecular weight is 453 g/mol. The van der Waals surface area contributed by atoms with E-state index in [0.29, 0.717) is 0 Å². The van der Waals surface area contributed by atoms with Gasteiger partial charge in [-0.2, -0.15) is 12.6 Å². The molecule has 186 valence electrons. The highest BCUT2D eigenvalue weighted by Gasteiger charge is 2.56. The highest BCUT2D eigenvalue weighted by atomic mass is 32.1. The molecule has 0 bridgehead atoms. The summed E-state index contributed by atoms with van der Waals surface area (Å²) in [4.78, 5) is 0. The van der Waals surface area contributed by atoms with E-state index in [9.17, 15) is 0 Å². The van der Waals surface area contributed by atoms with E-state index >= 15 is 0 Å². The maximum atomic E-state index is 3.53. The zero-order valence-corrected chi connectivity index (χ0v) is 23.8. The fourth-order valence-corrected chi connectivity index (χ4v) is 7.87. The van der Waals surface area contributed by atoms with Crippen LogP contribution in [0.2, 0.25) is 0 Å². The van der Waals surface area contributed by atoms with Crippen molar-refractivity contribution in [3.8, 4) is 0 Å². The normalized spacial score (nSPS) is 37.5. The zero-order chi connectivity index (χ0) is 24.1. The monoisotopic (exact) mass is 452 g/mol. The molecule has 31 heavy (non-hydrogen) atoms. The van der Waals surface area contributed by atoms with E-state index in [-0.39, 0.29) is 0 Å². The van der Waals surface area contributed by atoms with Gasteiger partial charge >= 0.3 is 0 Å². The Morgan fingerprint density at radius 2 is 1.45 bits per heavy atom. The first kappa shape index (κ1) is 31.1. The van der Waals surface area contributed by atoms with Crippen molar-refractivity contribution in [2.45, 2.75) is 132 Å². The molecule has 0 aliphatic heterocycles. The summed E-state index contributed by atoms with van der Waals surface area (Å²) in [6.07, 6.45) is 21.5. The lowest BCUT2D eigenvalue weighted by atomic mass is 9.45. The molecule has 0 radical (unpaired) electrons.